The van der Waals surface area contributed by atoms with Gasteiger partial charge in [-0.15, -0.1) is 0 Å². The minimum Gasteiger partial charge on any atom is -0.354 e. The van der Waals surface area contributed by atoms with Gasteiger partial charge in [-0.2, -0.15) is 4.39 Å². The van der Waals surface area contributed by atoms with E-state index >= 15 is 0 Å². The van der Waals surface area contributed by atoms with Gasteiger partial charge in [-0.3, -0.25) is 0 Å². The van der Waals surface area contributed by atoms with Gasteiger partial charge in [-0.05, 0) is 56.1 Å². The van der Waals surface area contributed by atoms with E-state index in [0.29, 0.717) is 15.0 Å². The summed E-state index contributed by atoms with van der Waals surface area (Å²) in [6, 6.07) is 9.75. The van der Waals surface area contributed by atoms with Gasteiger partial charge in [0.05, 0.1) is 6.54 Å². The van der Waals surface area contributed by atoms with Crippen LogP contribution in [0, 0.1) is 5.95 Å². The Bertz CT molecular complexity index is 553. The SMILES string of the molecule is CN(CC(F)F)c1cccc(Br)n1.Fc1cccc(Br)n1. The minimum atomic E-state index is -2.34. The first-order chi connectivity index (χ1) is 9.88. The summed E-state index contributed by atoms with van der Waals surface area (Å²) >= 11 is 6.18. The molecule has 0 fully saturated rings. The highest BCUT2D eigenvalue weighted by Gasteiger charge is 2.09. The van der Waals surface area contributed by atoms with Crippen LogP contribution in [0.25, 0.3) is 0 Å². The molecule has 2 aromatic rings. The number of aromatic nitrogens is 2. The molecule has 0 spiro atoms. The fourth-order valence-corrected chi connectivity index (χ4v) is 1.95. The van der Waals surface area contributed by atoms with Crippen LogP contribution in [0.2, 0.25) is 0 Å². The molecule has 8 heteroatoms. The van der Waals surface area contributed by atoms with Crippen molar-refractivity contribution in [3.05, 3.63) is 51.6 Å². The van der Waals surface area contributed by atoms with Crippen molar-refractivity contribution in [3.63, 3.8) is 0 Å². The molecule has 0 atom stereocenters. The van der Waals surface area contributed by atoms with Gasteiger partial charge in [-0.25, -0.2) is 18.7 Å². The van der Waals surface area contributed by atoms with Crippen LogP contribution in [-0.2, 0) is 0 Å². The monoisotopic (exact) mass is 425 g/mol. The Morgan fingerprint density at radius 1 is 1.05 bits per heavy atom. The molecule has 0 saturated heterocycles. The van der Waals surface area contributed by atoms with Crippen molar-refractivity contribution in [2.75, 3.05) is 18.5 Å². The lowest BCUT2D eigenvalue weighted by Gasteiger charge is -2.17. The molecule has 0 saturated carbocycles. The first-order valence-electron chi connectivity index (χ1n) is 5.78. The van der Waals surface area contributed by atoms with Crippen LogP contribution in [0.4, 0.5) is 19.0 Å². The average Bonchev–Trinajstić information content (AvgIpc) is 2.38. The predicted molar refractivity (Wildman–Crippen MR) is 83.1 cm³/mol. The van der Waals surface area contributed by atoms with Gasteiger partial charge in [0.2, 0.25) is 5.95 Å². The smallest absolute Gasteiger partial charge is 0.255 e. The summed E-state index contributed by atoms with van der Waals surface area (Å²) < 4.78 is 37.2. The van der Waals surface area contributed by atoms with Crippen LogP contribution in [0.15, 0.2) is 45.6 Å². The molecule has 0 amide bonds. The van der Waals surface area contributed by atoms with Gasteiger partial charge in [0, 0.05) is 7.05 Å². The third-order valence-electron chi connectivity index (χ3n) is 2.18. The molecule has 0 aliphatic rings. The summed E-state index contributed by atoms with van der Waals surface area (Å²) in [6.45, 7) is -0.302. The molecular weight excluding hydrogens is 415 g/mol. The molecule has 114 valence electrons. The second-order valence-electron chi connectivity index (χ2n) is 3.87. The average molecular weight is 427 g/mol. The highest BCUT2D eigenvalue weighted by Crippen LogP contribution is 2.14. The van der Waals surface area contributed by atoms with E-state index in [0.717, 1.165) is 0 Å². The maximum Gasteiger partial charge on any atom is 0.255 e. The number of anilines is 1. The van der Waals surface area contributed by atoms with Gasteiger partial charge in [0.25, 0.3) is 6.43 Å². The normalized spacial score (nSPS) is 10.0. The van der Waals surface area contributed by atoms with E-state index in [4.69, 9.17) is 0 Å². The van der Waals surface area contributed by atoms with Crippen LogP contribution in [0.3, 0.4) is 0 Å². The molecule has 3 nitrogen and oxygen atoms in total. The van der Waals surface area contributed by atoms with E-state index in [-0.39, 0.29) is 6.54 Å². The Labute approximate surface area is 137 Å². The lowest BCUT2D eigenvalue weighted by Crippen LogP contribution is -2.24. The molecule has 0 aliphatic heterocycles. The molecular formula is C13H12Br2F3N3. The second kappa shape index (κ2) is 8.99. The molecule has 21 heavy (non-hydrogen) atoms. The Kier molecular flexibility index (Phi) is 7.66. The van der Waals surface area contributed by atoms with Gasteiger partial charge in [0.15, 0.2) is 0 Å². The van der Waals surface area contributed by atoms with Crippen molar-refractivity contribution in [3.8, 4) is 0 Å². The van der Waals surface area contributed by atoms with E-state index in [1.165, 1.54) is 11.0 Å². The summed E-state index contributed by atoms with van der Waals surface area (Å²) in [5, 5.41) is 0. The van der Waals surface area contributed by atoms with Crippen molar-refractivity contribution in [2.24, 2.45) is 0 Å². The zero-order valence-electron chi connectivity index (χ0n) is 11.0. The summed E-state index contributed by atoms with van der Waals surface area (Å²) in [6.07, 6.45) is -2.34. The van der Waals surface area contributed by atoms with E-state index in [1.807, 2.05) is 0 Å². The van der Waals surface area contributed by atoms with Crippen LogP contribution < -0.4 is 4.90 Å². The standard InChI is InChI=1S/C8H9BrF2N2.C5H3BrFN/c1-13(5-7(10)11)8-4-2-3-6(9)12-8;6-4-2-1-3-5(7)8-4/h2-4,7H,5H2,1H3;1-3H. The fourth-order valence-electron chi connectivity index (χ4n) is 1.29. The number of hydrogen-bond acceptors (Lipinski definition) is 3. The topological polar surface area (TPSA) is 29.0 Å². The van der Waals surface area contributed by atoms with Gasteiger partial charge in [-0.1, -0.05) is 12.1 Å². The maximum absolute atomic E-state index is 12.0. The highest BCUT2D eigenvalue weighted by molar-refractivity contribution is 9.10. The molecule has 0 radical (unpaired) electrons. The Morgan fingerprint density at radius 3 is 2.05 bits per heavy atom. The van der Waals surface area contributed by atoms with Gasteiger partial charge >= 0.3 is 0 Å². The van der Waals surface area contributed by atoms with Crippen LogP contribution in [0.5, 0.6) is 0 Å². The number of pyridine rings is 2. The number of rotatable bonds is 3. The maximum atomic E-state index is 12.0. The second-order valence-corrected chi connectivity index (χ2v) is 5.50. The fraction of sp³-hybridized carbons (Fsp3) is 0.231. The zero-order chi connectivity index (χ0) is 15.8. The molecule has 2 aromatic heterocycles. The summed E-state index contributed by atoms with van der Waals surface area (Å²) in [7, 11) is 1.58. The predicted octanol–water partition coefficient (Wildman–Crippen LogP) is 4.53. The lowest BCUT2D eigenvalue weighted by molar-refractivity contribution is 0.156. The van der Waals surface area contributed by atoms with Crippen LogP contribution in [-0.4, -0.2) is 30.0 Å². The molecule has 0 aliphatic carbocycles. The molecule has 0 unspecified atom stereocenters. The minimum absolute atomic E-state index is 0.302. The first kappa shape index (κ1) is 17.9. The summed E-state index contributed by atoms with van der Waals surface area (Å²) in [4.78, 5) is 8.87. The number of halogens is 5. The molecule has 0 aromatic carbocycles. The number of nitrogens with zero attached hydrogens (tertiary/aromatic N) is 3. The Morgan fingerprint density at radius 2 is 1.62 bits per heavy atom. The van der Waals surface area contributed by atoms with Crippen molar-refractivity contribution in [1.29, 1.82) is 0 Å². The lowest BCUT2D eigenvalue weighted by atomic mass is 10.4. The Hall–Kier alpha value is -1.15. The van der Waals surface area contributed by atoms with Crippen LogP contribution in [0.1, 0.15) is 0 Å². The van der Waals surface area contributed by atoms with Crippen LogP contribution >= 0.6 is 31.9 Å². The van der Waals surface area contributed by atoms with E-state index in [9.17, 15) is 13.2 Å². The summed E-state index contributed by atoms with van der Waals surface area (Å²) in [5.41, 5.74) is 0. The highest BCUT2D eigenvalue weighted by atomic mass is 79.9. The van der Waals surface area contributed by atoms with E-state index in [2.05, 4.69) is 41.8 Å². The van der Waals surface area contributed by atoms with Crippen molar-refractivity contribution in [1.82, 2.24) is 9.97 Å². The third-order valence-corrected chi connectivity index (χ3v) is 3.07. The number of alkyl halides is 2. The van der Waals surface area contributed by atoms with E-state index < -0.39 is 12.4 Å². The quantitative estimate of drug-likeness (QED) is 0.675. The molecule has 0 N–H and O–H groups in total. The number of hydrogen-bond donors (Lipinski definition) is 0. The Balaban J connectivity index is 0.000000235. The first-order valence-corrected chi connectivity index (χ1v) is 7.37. The molecule has 2 heterocycles. The zero-order valence-corrected chi connectivity index (χ0v) is 14.2. The van der Waals surface area contributed by atoms with Gasteiger partial charge < -0.3 is 4.90 Å². The third kappa shape index (κ3) is 7.42. The summed E-state index contributed by atoms with van der Waals surface area (Å²) in [5.74, 6) is 0.0778. The van der Waals surface area contributed by atoms with Gasteiger partial charge in [0.1, 0.15) is 15.0 Å². The van der Waals surface area contributed by atoms with E-state index in [1.54, 1.807) is 37.4 Å². The largest absolute Gasteiger partial charge is 0.354 e. The van der Waals surface area contributed by atoms with Crippen molar-refractivity contribution >= 4 is 37.7 Å². The van der Waals surface area contributed by atoms with Crippen molar-refractivity contribution < 1.29 is 13.2 Å². The molecule has 0 bridgehead atoms. The van der Waals surface area contributed by atoms with Crippen molar-refractivity contribution in [2.45, 2.75) is 6.43 Å². The molecule has 2 rings (SSSR count).